The maximum Gasteiger partial charge on any atom is 0.293 e. The summed E-state index contributed by atoms with van der Waals surface area (Å²) >= 11 is 6.27. The van der Waals surface area contributed by atoms with Crippen LogP contribution in [0.4, 0.5) is 17.1 Å². The second-order valence-corrected chi connectivity index (χ2v) is 26.5. The molecule has 2 atom stereocenters. The molecule has 4 aliphatic heterocycles. The number of H-pyrrole nitrogens is 1. The van der Waals surface area contributed by atoms with E-state index in [2.05, 4.69) is 72.9 Å². The summed E-state index contributed by atoms with van der Waals surface area (Å²) in [4.78, 5) is 104. The maximum absolute atomic E-state index is 14.2. The summed E-state index contributed by atoms with van der Waals surface area (Å²) in [5.41, 5.74) is 5.71. The number of imide groups is 2. The van der Waals surface area contributed by atoms with Crippen LogP contribution in [-0.2, 0) is 33.9 Å². The number of hydrogen-bond acceptors (Lipinski definition) is 17. The Balaban J connectivity index is 0.650. The SMILES string of the molecule is CC1(C)CCC(CN2CCN(c3ccc(C(=O)NS(=O)(=O)c4ccc(NCC5CCCN(C(=O)COCCOCCCC#Cc6cccc7c6C(=O)N(C6CCC(=O)NC6=O)C7=O)C5)c([N+](=O)[O-])c4)c(Oc4cnc5[nH]ccc5c4)c3)CC2)=C(c2ccc(Cl)cc2)C1. The number of halogens is 1. The molecule has 2 unspecified atom stereocenters. The minimum Gasteiger partial charge on any atom is -0.455 e. The zero-order chi connectivity index (χ0) is 64.7. The van der Waals surface area contributed by atoms with Gasteiger partial charge in [0.2, 0.25) is 17.7 Å². The minimum absolute atomic E-state index is 0.0197. The van der Waals surface area contributed by atoms with Gasteiger partial charge in [0.25, 0.3) is 33.4 Å². The third kappa shape index (κ3) is 15.2. The van der Waals surface area contributed by atoms with Crippen LogP contribution < -0.4 is 25.0 Å². The van der Waals surface area contributed by atoms with Crippen LogP contribution in [0.2, 0.25) is 5.02 Å². The quantitative estimate of drug-likeness (QED) is 0.0162. The first-order valence-corrected chi connectivity index (χ1v) is 32.7. The topological polar surface area (TPSA) is 285 Å². The van der Waals surface area contributed by atoms with Gasteiger partial charge in [0.05, 0.1) is 45.9 Å². The normalized spacial score (nSPS) is 18.5. The molecular weight excluding hydrogens is 1220 g/mol. The average Bonchev–Trinajstić information content (AvgIpc) is 1.69. The summed E-state index contributed by atoms with van der Waals surface area (Å²) in [6.07, 6.45) is 8.80. The third-order valence-corrected chi connectivity index (χ3v) is 19.0. The number of allylic oxidation sites excluding steroid dienone is 1. The van der Waals surface area contributed by atoms with Crippen LogP contribution in [0, 0.1) is 33.3 Å². The maximum atomic E-state index is 14.2. The number of rotatable bonds is 22. The van der Waals surface area contributed by atoms with Crippen LogP contribution >= 0.6 is 11.6 Å². The molecule has 480 valence electrons. The molecule has 3 saturated heterocycles. The summed E-state index contributed by atoms with van der Waals surface area (Å²) in [5.74, 6) is 2.66. The number of sulfonamides is 1. The van der Waals surface area contributed by atoms with E-state index in [0.29, 0.717) is 74.0 Å². The molecule has 0 bridgehead atoms. The number of likely N-dealkylation sites (tertiary alicyclic amines) is 1. The molecule has 92 heavy (non-hydrogen) atoms. The number of nitro groups is 1. The number of piperidine rings is 2. The number of aromatic nitrogens is 2. The fourth-order valence-electron chi connectivity index (χ4n) is 12.4. The molecule has 0 saturated carbocycles. The Kier molecular flexibility index (Phi) is 19.8. The van der Waals surface area contributed by atoms with E-state index in [1.54, 1.807) is 41.4 Å². The fourth-order valence-corrected chi connectivity index (χ4v) is 13.5. The first kappa shape index (κ1) is 64.5. The van der Waals surface area contributed by atoms with Crippen molar-refractivity contribution in [3.63, 3.8) is 0 Å². The zero-order valence-electron chi connectivity index (χ0n) is 51.1. The predicted molar refractivity (Wildman–Crippen MR) is 344 cm³/mol. The summed E-state index contributed by atoms with van der Waals surface area (Å²) in [6, 6.07) is 23.7. The van der Waals surface area contributed by atoms with E-state index in [1.807, 2.05) is 18.2 Å². The molecule has 6 aromatic rings. The Hall–Kier alpha value is -8.99. The average molecular weight is 1290 g/mol. The number of pyridine rings is 1. The summed E-state index contributed by atoms with van der Waals surface area (Å²) in [5, 5.41) is 19.2. The third-order valence-electron chi connectivity index (χ3n) is 17.4. The number of nitrogens with zero attached hydrogens (tertiary/aromatic N) is 6. The van der Waals surface area contributed by atoms with Crippen molar-refractivity contribution in [1.29, 1.82) is 0 Å². The van der Waals surface area contributed by atoms with Crippen molar-refractivity contribution in [2.24, 2.45) is 11.3 Å². The first-order chi connectivity index (χ1) is 44.3. The standard InChI is InChI=1S/C67H71ClN10O13S/c1-67(2)24-22-47(54(37-67)44-12-14-48(68)15-13-44)41-74-27-29-75(30-28-74)49-16-18-52(58(35-49)91-50-34-46-23-25-69-62(46)71-39-50)63(81)73-92(87,88)51-17-19-55(57(36-51)78(85)86)70-38-43-8-7-26-76(40-43)60(80)42-90-33-32-89-31-5-3-4-9-45-10-6-11-53-61(45)66(84)77(65(53)83)56-20-21-59(79)72-64(56)82/h6,10-19,23,25,34-36,39,43,56,70H,3,5,7-8,20-22,24,26-33,37-38,40-42H2,1-2H3,(H,69,71)(H,73,81)(H,72,79,82). The summed E-state index contributed by atoms with van der Waals surface area (Å²) in [6.45, 7) is 10.1. The molecule has 5 aliphatic rings. The highest BCUT2D eigenvalue weighted by molar-refractivity contribution is 7.90. The number of piperazine rings is 1. The number of aromatic amines is 1. The van der Waals surface area contributed by atoms with Gasteiger partial charge in [-0.3, -0.25) is 54.0 Å². The van der Waals surface area contributed by atoms with E-state index in [1.165, 1.54) is 47.2 Å². The number of anilines is 2. The van der Waals surface area contributed by atoms with Crippen LogP contribution in [-0.4, -0.2) is 158 Å². The number of carbonyl (C=O) groups is 6. The van der Waals surface area contributed by atoms with E-state index in [-0.39, 0.29) is 84.6 Å². The van der Waals surface area contributed by atoms with Crippen molar-refractivity contribution in [2.45, 2.75) is 82.6 Å². The first-order valence-electron chi connectivity index (χ1n) is 30.8. The minimum atomic E-state index is -4.69. The molecule has 0 spiro atoms. The van der Waals surface area contributed by atoms with Gasteiger partial charge in [-0.15, -0.1) is 0 Å². The number of ether oxygens (including phenoxy) is 3. The molecule has 2 aromatic heterocycles. The highest BCUT2D eigenvalue weighted by atomic mass is 35.5. The van der Waals surface area contributed by atoms with Crippen molar-refractivity contribution in [3.05, 3.63) is 152 Å². The van der Waals surface area contributed by atoms with Crippen LogP contribution in [0.5, 0.6) is 11.5 Å². The highest BCUT2D eigenvalue weighted by Gasteiger charge is 2.45. The lowest BCUT2D eigenvalue weighted by molar-refractivity contribution is -0.384. The molecule has 25 heteroatoms. The van der Waals surface area contributed by atoms with Gasteiger partial charge >= 0.3 is 0 Å². The Labute approximate surface area is 537 Å². The van der Waals surface area contributed by atoms with E-state index >= 15 is 0 Å². The van der Waals surface area contributed by atoms with Gasteiger partial charge in [0.1, 0.15) is 35.5 Å². The monoisotopic (exact) mass is 1290 g/mol. The molecule has 4 N–H and O–H groups in total. The largest absolute Gasteiger partial charge is 0.455 e. The van der Waals surface area contributed by atoms with Crippen LogP contribution in [0.15, 0.2) is 114 Å². The van der Waals surface area contributed by atoms with Gasteiger partial charge in [0.15, 0.2) is 0 Å². The number of unbranched alkanes of at least 4 members (excludes halogenated alkanes) is 1. The molecule has 23 nitrogen and oxygen atoms in total. The molecule has 4 aromatic carbocycles. The Bertz CT molecular complexity index is 4080. The van der Waals surface area contributed by atoms with E-state index in [9.17, 15) is 47.3 Å². The fraction of sp³-hybridized carbons (Fsp3) is 0.388. The van der Waals surface area contributed by atoms with Gasteiger partial charge in [-0.25, -0.2) is 18.1 Å². The second kappa shape index (κ2) is 28.3. The van der Waals surface area contributed by atoms with Crippen molar-refractivity contribution < 1.29 is 56.3 Å². The van der Waals surface area contributed by atoms with Gasteiger partial charge in [-0.2, -0.15) is 0 Å². The van der Waals surface area contributed by atoms with Gasteiger partial charge < -0.3 is 34.3 Å². The number of nitro benzene ring substituents is 1. The van der Waals surface area contributed by atoms with E-state index in [0.717, 1.165) is 67.4 Å². The van der Waals surface area contributed by atoms with Crippen molar-refractivity contribution in [1.82, 2.24) is 34.7 Å². The number of carbonyl (C=O) groups excluding carboxylic acids is 6. The lowest BCUT2D eigenvalue weighted by Crippen LogP contribution is -2.54. The molecule has 6 amide bonds. The van der Waals surface area contributed by atoms with Crippen LogP contribution in [0.1, 0.15) is 114 Å². The number of benzene rings is 4. The van der Waals surface area contributed by atoms with E-state index < -0.39 is 61.1 Å². The van der Waals surface area contributed by atoms with Crippen LogP contribution in [0.25, 0.3) is 16.6 Å². The second-order valence-electron chi connectivity index (χ2n) is 24.4. The van der Waals surface area contributed by atoms with Crippen molar-refractivity contribution in [2.75, 3.05) is 89.0 Å². The predicted octanol–water partition coefficient (Wildman–Crippen LogP) is 8.74. The highest BCUT2D eigenvalue weighted by Crippen LogP contribution is 2.44. The molecule has 3 fully saturated rings. The Morgan fingerprint density at radius 2 is 1.71 bits per heavy atom. The summed E-state index contributed by atoms with van der Waals surface area (Å²) < 4.78 is 47.8. The Morgan fingerprint density at radius 1 is 0.902 bits per heavy atom. The van der Waals surface area contributed by atoms with Gasteiger partial charge in [0, 0.05) is 112 Å². The molecule has 6 heterocycles. The number of amides is 6. The molecule has 11 rings (SSSR count). The van der Waals surface area contributed by atoms with Crippen LogP contribution in [0.3, 0.4) is 0 Å². The lowest BCUT2D eigenvalue weighted by atomic mass is 9.72. The number of fused-ring (bicyclic) bond motifs is 2. The smallest absolute Gasteiger partial charge is 0.293 e. The molecule has 1 aliphatic carbocycles. The lowest BCUT2D eigenvalue weighted by Gasteiger charge is -2.39. The Morgan fingerprint density at radius 3 is 2.50 bits per heavy atom. The van der Waals surface area contributed by atoms with Gasteiger partial charge in [-0.1, -0.05) is 61.1 Å². The molecule has 0 radical (unpaired) electrons. The number of nitrogens with one attached hydrogen (secondary N) is 4. The molecular formula is C67H71ClN10O13S. The number of hydrogen-bond donors (Lipinski definition) is 4. The zero-order valence-corrected chi connectivity index (χ0v) is 52.7. The summed E-state index contributed by atoms with van der Waals surface area (Å²) in [7, 11) is -4.69. The van der Waals surface area contributed by atoms with Crippen molar-refractivity contribution >= 4 is 90.7 Å². The van der Waals surface area contributed by atoms with Crippen molar-refractivity contribution in [3.8, 4) is 23.3 Å². The van der Waals surface area contributed by atoms with E-state index in [4.69, 9.17) is 25.8 Å². The van der Waals surface area contributed by atoms with Gasteiger partial charge in [-0.05, 0) is 128 Å².